The highest BCUT2D eigenvalue weighted by molar-refractivity contribution is 7.47. The summed E-state index contributed by atoms with van der Waals surface area (Å²) >= 11 is 0. The van der Waals surface area contributed by atoms with Crippen LogP contribution < -0.4 is 5.32 Å². The number of unbranched alkanes of at least 4 members (excludes halogenated alkanes) is 30. The van der Waals surface area contributed by atoms with Crippen LogP contribution in [0, 0.1) is 0 Å². The van der Waals surface area contributed by atoms with Crippen molar-refractivity contribution in [3.8, 4) is 0 Å². The normalized spacial score (nSPS) is 14.5. The number of rotatable bonds is 67. The summed E-state index contributed by atoms with van der Waals surface area (Å²) in [6, 6.07) is -0.884. The Kier molecular flexibility index (Phi) is 67.4. The van der Waals surface area contributed by atoms with E-state index in [1.54, 1.807) is 6.08 Å². The molecule has 0 saturated heterocycles. The number of phosphoric ester groups is 1. The predicted molar refractivity (Wildman–Crippen MR) is 400 cm³/mol. The number of allylic oxidation sites excluding steroid dienone is 25. The maximum atomic E-state index is 13.1. The van der Waals surface area contributed by atoms with Crippen LogP contribution in [0.4, 0.5) is 0 Å². The summed E-state index contributed by atoms with van der Waals surface area (Å²) in [5.41, 5.74) is 0. The van der Waals surface area contributed by atoms with Gasteiger partial charge in [-0.05, 0) is 109 Å². The van der Waals surface area contributed by atoms with Crippen LogP contribution in [-0.4, -0.2) is 73.4 Å². The van der Waals surface area contributed by atoms with E-state index in [0.717, 1.165) is 109 Å². The van der Waals surface area contributed by atoms with E-state index in [9.17, 15) is 19.4 Å². The number of nitrogens with zero attached hydrogens (tertiary/aromatic N) is 1. The van der Waals surface area contributed by atoms with Crippen molar-refractivity contribution in [2.75, 3.05) is 40.9 Å². The SMILES string of the molecule is CC/C=C\C/C=C\C/C=C\C/C=C\C/C=C\C/C=C\C/C=C\C/C=C\C/C=C\C/C=C\C/C=C\C/C=C\CCCCC(=O)NC(COP(=O)(O)OCC[N+](C)(C)C)C(O)/C=C/CCCCCCCCCCCCCCCCCCCCCCCCCCCCCC. The van der Waals surface area contributed by atoms with Crippen molar-refractivity contribution in [3.05, 3.63) is 158 Å². The summed E-state index contributed by atoms with van der Waals surface area (Å²) in [5.74, 6) is -0.222. The van der Waals surface area contributed by atoms with Gasteiger partial charge in [-0.2, -0.15) is 0 Å². The molecule has 0 aliphatic rings. The molecule has 0 aliphatic heterocycles. The van der Waals surface area contributed by atoms with Gasteiger partial charge in [0.05, 0.1) is 39.9 Å². The molecule has 520 valence electrons. The number of aliphatic hydroxyl groups excluding tert-OH is 1. The van der Waals surface area contributed by atoms with Gasteiger partial charge in [0, 0.05) is 6.42 Å². The van der Waals surface area contributed by atoms with Crippen molar-refractivity contribution < 1.29 is 32.9 Å². The Morgan fingerprint density at radius 2 is 0.659 bits per heavy atom. The van der Waals surface area contributed by atoms with E-state index < -0.39 is 20.0 Å². The lowest BCUT2D eigenvalue weighted by atomic mass is 10.0. The lowest BCUT2D eigenvalue weighted by Gasteiger charge is -2.25. The summed E-state index contributed by atoms with van der Waals surface area (Å²) < 4.78 is 23.8. The number of hydrogen-bond acceptors (Lipinski definition) is 5. The second-order valence-corrected chi connectivity index (χ2v) is 27.4. The summed E-state index contributed by atoms with van der Waals surface area (Å²) in [6.45, 7) is 4.68. The van der Waals surface area contributed by atoms with Crippen LogP contribution in [-0.2, 0) is 18.4 Å². The summed E-state index contributed by atoms with van der Waals surface area (Å²) in [5, 5.41) is 14.0. The first kappa shape index (κ1) is 87.1. The molecule has 3 unspecified atom stereocenters. The van der Waals surface area contributed by atoms with E-state index in [1.807, 2.05) is 27.2 Å². The predicted octanol–water partition coefficient (Wildman–Crippen LogP) is 24.5. The molecule has 91 heavy (non-hydrogen) atoms. The lowest BCUT2D eigenvalue weighted by molar-refractivity contribution is -0.870. The number of quaternary nitrogens is 1. The van der Waals surface area contributed by atoms with Crippen LogP contribution in [0.25, 0.3) is 0 Å². The zero-order chi connectivity index (χ0) is 66.2. The monoisotopic (exact) mass is 1280 g/mol. The molecule has 3 atom stereocenters. The largest absolute Gasteiger partial charge is 0.472 e. The van der Waals surface area contributed by atoms with E-state index >= 15 is 0 Å². The van der Waals surface area contributed by atoms with Crippen molar-refractivity contribution in [1.82, 2.24) is 5.32 Å². The zero-order valence-electron chi connectivity index (χ0n) is 59.5. The molecule has 0 radical (unpaired) electrons. The van der Waals surface area contributed by atoms with Crippen LogP contribution in [0.1, 0.15) is 303 Å². The lowest BCUT2D eigenvalue weighted by Crippen LogP contribution is -2.45. The van der Waals surface area contributed by atoms with Gasteiger partial charge in [0.15, 0.2) is 0 Å². The van der Waals surface area contributed by atoms with Crippen molar-refractivity contribution in [3.63, 3.8) is 0 Å². The number of hydrogen-bond donors (Lipinski definition) is 3. The molecule has 0 heterocycles. The second kappa shape index (κ2) is 70.4. The molecule has 0 aromatic rings. The molecule has 3 N–H and O–H groups in total. The average Bonchev–Trinajstić information content (AvgIpc) is 3.58. The van der Waals surface area contributed by atoms with Crippen molar-refractivity contribution in [2.45, 2.75) is 315 Å². The van der Waals surface area contributed by atoms with E-state index in [1.165, 1.54) is 167 Å². The number of aliphatic hydroxyl groups is 1. The van der Waals surface area contributed by atoms with E-state index in [2.05, 4.69) is 165 Å². The number of likely N-dealkylation sites (N-methyl/N-ethyl adjacent to an activating group) is 1. The maximum Gasteiger partial charge on any atom is 0.472 e. The summed E-state index contributed by atoms with van der Waals surface area (Å²) in [6.07, 6.45) is 110. The van der Waals surface area contributed by atoms with Gasteiger partial charge < -0.3 is 19.8 Å². The number of carbonyl (C=O) groups excluding carboxylic acids is 1. The quantitative estimate of drug-likeness (QED) is 0.0243. The third-order valence-corrected chi connectivity index (χ3v) is 17.0. The van der Waals surface area contributed by atoms with Gasteiger partial charge >= 0.3 is 7.82 Å². The fraction of sp³-hybridized carbons (Fsp3) is 0.671. The standard InChI is InChI=1S/C82H141N2O6P/c1-6-8-10-12-14-16-18-20-22-24-26-28-30-32-34-36-38-39-40-41-42-43-44-45-46-48-50-52-54-56-58-60-62-64-66-68-70-72-74-76-82(86)83-80(79-90-91(87,88)89-78-77-84(3,4)5)81(85)75-73-71-69-67-65-63-61-59-57-55-53-51-49-47-37-35-33-31-29-27-25-23-21-19-17-15-13-11-9-7-2/h8,10,14,16,20,22,26,28,32,34,38-39,41-42,44-45,48,50,54,56,60,62,66,68,73,75,80-81,85H,6-7,9,11-13,15,17-19,21,23-25,27,29-31,33,35-37,40,43,46-47,49,51-53,55,57-59,61,63-65,67,69-72,74,76-79H2,1-5H3,(H-,83,86,87,88)/p+1/b10-8-,16-14-,22-20-,28-26-,34-32-,39-38-,42-41-,45-44-,50-48-,56-54-,62-60-,68-66-,75-73+. The second-order valence-electron chi connectivity index (χ2n) is 25.9. The number of carbonyl (C=O) groups is 1. The minimum absolute atomic E-state index is 0.0450. The van der Waals surface area contributed by atoms with Crippen molar-refractivity contribution in [2.24, 2.45) is 0 Å². The topological polar surface area (TPSA) is 105 Å². The first-order chi connectivity index (χ1) is 44.5. The highest BCUT2D eigenvalue weighted by Gasteiger charge is 2.28. The average molecular weight is 1280 g/mol. The van der Waals surface area contributed by atoms with E-state index in [4.69, 9.17) is 9.05 Å². The van der Waals surface area contributed by atoms with E-state index in [0.29, 0.717) is 23.9 Å². The van der Waals surface area contributed by atoms with E-state index in [-0.39, 0.29) is 19.1 Å². The fourth-order valence-corrected chi connectivity index (χ4v) is 11.0. The van der Waals surface area contributed by atoms with Crippen LogP contribution in [0.15, 0.2) is 158 Å². The molecule has 0 fully saturated rings. The fourth-order valence-electron chi connectivity index (χ4n) is 10.3. The van der Waals surface area contributed by atoms with Gasteiger partial charge in [-0.25, -0.2) is 4.57 Å². The van der Waals surface area contributed by atoms with Crippen LogP contribution in [0.5, 0.6) is 0 Å². The zero-order valence-corrected chi connectivity index (χ0v) is 60.4. The number of nitrogens with one attached hydrogen (secondary N) is 1. The molecule has 0 aromatic carbocycles. The van der Waals surface area contributed by atoms with Gasteiger partial charge in [-0.3, -0.25) is 13.8 Å². The molecule has 0 spiro atoms. The Morgan fingerprint density at radius 1 is 0.385 bits per heavy atom. The Bertz CT molecular complexity index is 2050. The van der Waals surface area contributed by atoms with Crippen LogP contribution >= 0.6 is 7.82 Å². The summed E-state index contributed by atoms with van der Waals surface area (Å²) in [4.78, 5) is 23.4. The number of amides is 1. The molecule has 0 saturated carbocycles. The molecule has 8 nitrogen and oxygen atoms in total. The molecule has 0 bridgehead atoms. The van der Waals surface area contributed by atoms with Gasteiger partial charge in [0.25, 0.3) is 0 Å². The maximum absolute atomic E-state index is 13.1. The molecule has 1 amide bonds. The molecular weight excluding hydrogens is 1140 g/mol. The highest BCUT2D eigenvalue weighted by atomic mass is 31.2. The smallest absolute Gasteiger partial charge is 0.387 e. The molecule has 0 aliphatic carbocycles. The highest BCUT2D eigenvalue weighted by Crippen LogP contribution is 2.43. The van der Waals surface area contributed by atoms with Crippen molar-refractivity contribution in [1.29, 1.82) is 0 Å². The first-order valence-electron chi connectivity index (χ1n) is 37.4. The van der Waals surface area contributed by atoms with Gasteiger partial charge in [0.2, 0.25) is 5.91 Å². The molecule has 9 heteroatoms. The minimum Gasteiger partial charge on any atom is -0.387 e. The minimum atomic E-state index is -4.38. The third-order valence-electron chi connectivity index (χ3n) is 16.0. The van der Waals surface area contributed by atoms with Crippen molar-refractivity contribution >= 4 is 13.7 Å². The Hall–Kier alpha value is -3.88. The molecule has 0 rings (SSSR count). The third kappa shape index (κ3) is 73.4. The Balaban J connectivity index is 4.20. The Labute approximate surface area is 562 Å². The van der Waals surface area contributed by atoms with Crippen LogP contribution in [0.2, 0.25) is 0 Å². The van der Waals surface area contributed by atoms with Gasteiger partial charge in [-0.1, -0.05) is 345 Å². The molecular formula is C82H142N2O6P+. The summed E-state index contributed by atoms with van der Waals surface area (Å²) in [7, 11) is 1.53. The van der Waals surface area contributed by atoms with Gasteiger partial charge in [0.1, 0.15) is 13.2 Å². The van der Waals surface area contributed by atoms with Crippen LogP contribution in [0.3, 0.4) is 0 Å². The van der Waals surface area contributed by atoms with Gasteiger partial charge in [-0.15, -0.1) is 0 Å². The molecule has 0 aromatic heterocycles. The number of phosphoric acid groups is 1. The Morgan fingerprint density at radius 3 is 0.967 bits per heavy atom. The first-order valence-corrected chi connectivity index (χ1v) is 38.9.